The van der Waals surface area contributed by atoms with Crippen LogP contribution in [0.2, 0.25) is 5.02 Å². The lowest BCUT2D eigenvalue weighted by molar-refractivity contribution is -0.121. The summed E-state index contributed by atoms with van der Waals surface area (Å²) in [7, 11) is 0. The fraction of sp³-hybridized carbons (Fsp3) is 0.167. The third-order valence-corrected chi connectivity index (χ3v) is 4.81. The molecular formula is C24H23ClN2O3. The van der Waals surface area contributed by atoms with Crippen LogP contribution in [-0.4, -0.2) is 25.0 Å². The van der Waals surface area contributed by atoms with Crippen LogP contribution in [0.15, 0.2) is 78.9 Å². The zero-order valence-corrected chi connectivity index (χ0v) is 17.2. The van der Waals surface area contributed by atoms with E-state index in [0.717, 1.165) is 17.5 Å². The van der Waals surface area contributed by atoms with Crippen molar-refractivity contribution < 1.29 is 14.3 Å². The molecule has 0 unspecified atom stereocenters. The van der Waals surface area contributed by atoms with Crippen molar-refractivity contribution in [2.75, 3.05) is 18.5 Å². The van der Waals surface area contributed by atoms with Crippen LogP contribution in [-0.2, 0) is 22.6 Å². The summed E-state index contributed by atoms with van der Waals surface area (Å²) in [4.78, 5) is 24.8. The number of hydrogen-bond donors (Lipinski definition) is 2. The molecular weight excluding hydrogens is 400 g/mol. The highest BCUT2D eigenvalue weighted by Crippen LogP contribution is 2.17. The predicted molar refractivity (Wildman–Crippen MR) is 119 cm³/mol. The van der Waals surface area contributed by atoms with E-state index in [4.69, 9.17) is 16.3 Å². The summed E-state index contributed by atoms with van der Waals surface area (Å²) in [5.41, 5.74) is 2.81. The van der Waals surface area contributed by atoms with Gasteiger partial charge in [-0.15, -0.1) is 0 Å². The summed E-state index contributed by atoms with van der Waals surface area (Å²) >= 11 is 6.08. The van der Waals surface area contributed by atoms with Gasteiger partial charge in [0.15, 0.2) is 0 Å². The number of ether oxygens (including phenoxy) is 1. The number of amides is 2. The predicted octanol–water partition coefficient (Wildman–Crippen LogP) is 4.47. The van der Waals surface area contributed by atoms with Gasteiger partial charge in [0.1, 0.15) is 6.61 Å². The number of rotatable bonds is 9. The zero-order chi connectivity index (χ0) is 21.2. The Morgan fingerprint density at radius 1 is 0.867 bits per heavy atom. The maximum atomic E-state index is 12.6. The van der Waals surface area contributed by atoms with Crippen LogP contribution in [0.5, 0.6) is 0 Å². The van der Waals surface area contributed by atoms with E-state index in [1.807, 2.05) is 48.5 Å². The summed E-state index contributed by atoms with van der Waals surface area (Å²) in [5, 5.41) is 6.23. The van der Waals surface area contributed by atoms with E-state index in [2.05, 4.69) is 10.6 Å². The number of carbonyl (C=O) groups excluding carboxylic acids is 2. The van der Waals surface area contributed by atoms with Gasteiger partial charge < -0.3 is 15.4 Å². The maximum absolute atomic E-state index is 12.6. The number of benzene rings is 3. The van der Waals surface area contributed by atoms with Gasteiger partial charge in [-0.2, -0.15) is 0 Å². The second-order valence-electron chi connectivity index (χ2n) is 6.67. The summed E-state index contributed by atoms with van der Waals surface area (Å²) < 4.78 is 5.45. The largest absolute Gasteiger partial charge is 0.367 e. The van der Waals surface area contributed by atoms with E-state index in [9.17, 15) is 9.59 Å². The molecule has 0 aromatic heterocycles. The Morgan fingerprint density at radius 2 is 1.57 bits per heavy atom. The molecule has 3 rings (SSSR count). The fourth-order valence-corrected chi connectivity index (χ4v) is 3.10. The van der Waals surface area contributed by atoms with Crippen molar-refractivity contribution in [1.82, 2.24) is 5.32 Å². The van der Waals surface area contributed by atoms with Crippen molar-refractivity contribution in [3.63, 3.8) is 0 Å². The molecule has 6 heteroatoms. The van der Waals surface area contributed by atoms with E-state index in [0.29, 0.717) is 22.8 Å². The van der Waals surface area contributed by atoms with E-state index in [1.165, 1.54) is 0 Å². The third-order valence-electron chi connectivity index (χ3n) is 4.44. The van der Waals surface area contributed by atoms with Gasteiger partial charge in [-0.05, 0) is 35.7 Å². The molecule has 5 nitrogen and oxygen atoms in total. The standard InChI is InChI=1S/C24H23ClN2O3/c25-21-12-6-4-10-19(21)16-30-17-23(28)27-22-13-7-5-11-20(22)24(29)26-15-14-18-8-2-1-3-9-18/h1-13H,14-17H2,(H,26,29)(H,27,28). The highest BCUT2D eigenvalue weighted by Gasteiger charge is 2.13. The maximum Gasteiger partial charge on any atom is 0.253 e. The molecule has 30 heavy (non-hydrogen) atoms. The van der Waals surface area contributed by atoms with Crippen molar-refractivity contribution in [2.24, 2.45) is 0 Å². The van der Waals surface area contributed by atoms with Crippen LogP contribution in [0.25, 0.3) is 0 Å². The van der Waals surface area contributed by atoms with E-state index >= 15 is 0 Å². The summed E-state index contributed by atoms with van der Waals surface area (Å²) in [5.74, 6) is -0.578. The molecule has 0 heterocycles. The monoisotopic (exact) mass is 422 g/mol. The average molecular weight is 423 g/mol. The molecule has 0 saturated carbocycles. The molecule has 3 aromatic rings. The lowest BCUT2D eigenvalue weighted by Crippen LogP contribution is -2.27. The van der Waals surface area contributed by atoms with Crippen LogP contribution in [0.4, 0.5) is 5.69 Å². The number of carbonyl (C=O) groups is 2. The second kappa shape index (κ2) is 11.1. The van der Waals surface area contributed by atoms with E-state index in [-0.39, 0.29) is 25.0 Å². The van der Waals surface area contributed by atoms with Gasteiger partial charge in [-0.25, -0.2) is 0 Å². The molecule has 2 N–H and O–H groups in total. The Hall–Kier alpha value is -3.15. The minimum atomic E-state index is -0.341. The van der Waals surface area contributed by atoms with Gasteiger partial charge in [0.05, 0.1) is 17.9 Å². The van der Waals surface area contributed by atoms with Gasteiger partial charge in [-0.3, -0.25) is 9.59 Å². The molecule has 154 valence electrons. The van der Waals surface area contributed by atoms with Crippen LogP contribution in [0.1, 0.15) is 21.5 Å². The molecule has 2 amide bonds. The first-order valence-electron chi connectivity index (χ1n) is 9.65. The third kappa shape index (κ3) is 6.44. The molecule has 0 radical (unpaired) electrons. The van der Waals surface area contributed by atoms with Gasteiger partial charge in [0.25, 0.3) is 5.91 Å². The summed E-state index contributed by atoms with van der Waals surface area (Å²) in [6, 6.07) is 24.1. The topological polar surface area (TPSA) is 67.4 Å². The first kappa shape index (κ1) is 21.6. The van der Waals surface area contributed by atoms with Gasteiger partial charge >= 0.3 is 0 Å². The molecule has 0 aliphatic rings. The van der Waals surface area contributed by atoms with Crippen LogP contribution in [0, 0.1) is 0 Å². The Bertz CT molecular complexity index is 993. The van der Waals surface area contributed by atoms with Crippen molar-refractivity contribution in [3.8, 4) is 0 Å². The van der Waals surface area contributed by atoms with Crippen molar-refractivity contribution in [1.29, 1.82) is 0 Å². The Balaban J connectivity index is 1.50. The highest BCUT2D eigenvalue weighted by atomic mass is 35.5. The molecule has 0 bridgehead atoms. The zero-order valence-electron chi connectivity index (χ0n) is 16.4. The lowest BCUT2D eigenvalue weighted by atomic mass is 10.1. The van der Waals surface area contributed by atoms with Crippen molar-refractivity contribution >= 4 is 29.1 Å². The Morgan fingerprint density at radius 3 is 2.37 bits per heavy atom. The number of nitrogens with one attached hydrogen (secondary N) is 2. The Kier molecular flexibility index (Phi) is 8.01. The summed E-state index contributed by atoms with van der Waals surface area (Å²) in [6.45, 7) is 0.593. The summed E-state index contributed by atoms with van der Waals surface area (Å²) in [6.07, 6.45) is 0.733. The second-order valence-corrected chi connectivity index (χ2v) is 7.08. The molecule has 0 atom stereocenters. The molecule has 0 spiro atoms. The minimum absolute atomic E-state index is 0.144. The molecule has 0 fully saturated rings. The highest BCUT2D eigenvalue weighted by molar-refractivity contribution is 6.31. The normalized spacial score (nSPS) is 10.4. The number of anilines is 1. The smallest absolute Gasteiger partial charge is 0.253 e. The molecule has 0 aliphatic heterocycles. The molecule has 3 aromatic carbocycles. The number of para-hydroxylation sites is 1. The molecule has 0 aliphatic carbocycles. The first-order valence-corrected chi connectivity index (χ1v) is 10.0. The van der Waals surface area contributed by atoms with Crippen molar-refractivity contribution in [2.45, 2.75) is 13.0 Å². The van der Waals surface area contributed by atoms with E-state index < -0.39 is 0 Å². The van der Waals surface area contributed by atoms with Gasteiger partial charge in [0, 0.05) is 11.6 Å². The van der Waals surface area contributed by atoms with Crippen LogP contribution < -0.4 is 10.6 Å². The quantitative estimate of drug-likeness (QED) is 0.534. The van der Waals surface area contributed by atoms with Crippen LogP contribution >= 0.6 is 11.6 Å². The first-order chi connectivity index (χ1) is 14.6. The van der Waals surface area contributed by atoms with E-state index in [1.54, 1.807) is 30.3 Å². The minimum Gasteiger partial charge on any atom is -0.367 e. The lowest BCUT2D eigenvalue weighted by Gasteiger charge is -2.12. The van der Waals surface area contributed by atoms with Crippen molar-refractivity contribution in [3.05, 3.63) is 101 Å². The molecule has 0 saturated heterocycles. The fourth-order valence-electron chi connectivity index (χ4n) is 2.91. The number of halogens is 1. The SMILES string of the molecule is O=C(COCc1ccccc1Cl)Nc1ccccc1C(=O)NCCc1ccccc1. The van der Waals surface area contributed by atoms with Crippen LogP contribution in [0.3, 0.4) is 0 Å². The van der Waals surface area contributed by atoms with Gasteiger partial charge in [-0.1, -0.05) is 72.3 Å². The Labute approximate surface area is 181 Å². The number of hydrogen-bond acceptors (Lipinski definition) is 3. The van der Waals surface area contributed by atoms with Gasteiger partial charge in [0.2, 0.25) is 5.91 Å². The average Bonchev–Trinajstić information content (AvgIpc) is 2.76.